The van der Waals surface area contributed by atoms with Crippen molar-refractivity contribution in [3.8, 4) is 5.75 Å². The third-order valence-corrected chi connectivity index (χ3v) is 7.24. The van der Waals surface area contributed by atoms with Gasteiger partial charge in [-0.1, -0.05) is 55.7 Å². The van der Waals surface area contributed by atoms with Gasteiger partial charge in [0.05, 0.1) is 13.7 Å². The van der Waals surface area contributed by atoms with Crippen molar-refractivity contribution >= 4 is 15.9 Å². The topological polar surface area (TPSA) is 75.7 Å². The molecule has 1 aliphatic rings. The Bertz CT molecular complexity index is 954. The van der Waals surface area contributed by atoms with Crippen LogP contribution in [0.5, 0.6) is 5.75 Å². The molecular formula is C23H30N2O4S. The number of nitrogens with zero attached hydrogens (tertiary/aromatic N) is 1. The predicted molar refractivity (Wildman–Crippen MR) is 117 cm³/mol. The molecule has 162 valence electrons. The molecule has 0 aliphatic heterocycles. The Morgan fingerprint density at radius 2 is 1.80 bits per heavy atom. The molecule has 1 amide bonds. The molecule has 1 N–H and O–H groups in total. The molecule has 0 radical (unpaired) electrons. The van der Waals surface area contributed by atoms with Gasteiger partial charge in [-0.2, -0.15) is 4.31 Å². The van der Waals surface area contributed by atoms with Gasteiger partial charge in [0.1, 0.15) is 10.6 Å². The Morgan fingerprint density at radius 1 is 1.10 bits per heavy atom. The summed E-state index contributed by atoms with van der Waals surface area (Å²) in [7, 11) is -2.51. The zero-order chi connectivity index (χ0) is 21.6. The molecule has 0 bridgehead atoms. The summed E-state index contributed by atoms with van der Waals surface area (Å²) >= 11 is 0. The monoisotopic (exact) mass is 430 g/mol. The van der Waals surface area contributed by atoms with Crippen molar-refractivity contribution in [2.45, 2.75) is 56.5 Å². The average Bonchev–Trinajstić information content (AvgIpc) is 2.74. The molecule has 7 heteroatoms. The third-order valence-electron chi connectivity index (χ3n) is 5.43. The highest BCUT2D eigenvalue weighted by Crippen LogP contribution is 2.28. The first-order valence-corrected chi connectivity index (χ1v) is 11.8. The highest BCUT2D eigenvalue weighted by atomic mass is 32.2. The van der Waals surface area contributed by atoms with Crippen LogP contribution in [0, 0.1) is 6.92 Å². The van der Waals surface area contributed by atoms with Gasteiger partial charge in [-0.3, -0.25) is 4.79 Å². The molecule has 1 fully saturated rings. The minimum atomic E-state index is -3.95. The Balaban J connectivity index is 1.88. The number of hydrogen-bond acceptors (Lipinski definition) is 4. The maximum atomic E-state index is 13.6. The summed E-state index contributed by atoms with van der Waals surface area (Å²) in [4.78, 5) is 12.8. The molecule has 2 aromatic carbocycles. The Kier molecular flexibility index (Phi) is 7.50. The van der Waals surface area contributed by atoms with E-state index in [9.17, 15) is 13.2 Å². The molecule has 0 atom stereocenters. The second kappa shape index (κ2) is 10.1. The minimum Gasteiger partial charge on any atom is -0.495 e. The second-order valence-corrected chi connectivity index (χ2v) is 9.72. The normalized spacial score (nSPS) is 15.2. The van der Waals surface area contributed by atoms with Gasteiger partial charge in [0.2, 0.25) is 15.9 Å². The van der Waals surface area contributed by atoms with Gasteiger partial charge in [-0.05, 0) is 43.0 Å². The molecule has 1 saturated carbocycles. The van der Waals surface area contributed by atoms with Gasteiger partial charge in [-0.15, -0.1) is 0 Å². The number of methoxy groups -OCH3 is 1. The molecule has 30 heavy (non-hydrogen) atoms. The zero-order valence-corrected chi connectivity index (χ0v) is 18.5. The van der Waals surface area contributed by atoms with Crippen LogP contribution in [0.3, 0.4) is 0 Å². The van der Waals surface area contributed by atoms with Gasteiger partial charge in [0.25, 0.3) is 0 Å². The molecule has 0 saturated heterocycles. The van der Waals surface area contributed by atoms with Crippen LogP contribution in [0.4, 0.5) is 0 Å². The van der Waals surface area contributed by atoms with E-state index in [0.29, 0.717) is 0 Å². The van der Waals surface area contributed by atoms with Gasteiger partial charge in [0, 0.05) is 12.6 Å². The van der Waals surface area contributed by atoms with Crippen LogP contribution >= 0.6 is 0 Å². The van der Waals surface area contributed by atoms with Gasteiger partial charge in [0.15, 0.2) is 0 Å². The minimum absolute atomic E-state index is 0.0754. The van der Waals surface area contributed by atoms with Crippen LogP contribution in [0.15, 0.2) is 53.4 Å². The lowest BCUT2D eigenvalue weighted by atomic mass is 9.95. The van der Waals surface area contributed by atoms with E-state index >= 15 is 0 Å². The summed E-state index contributed by atoms with van der Waals surface area (Å²) < 4.78 is 33.7. The number of carbonyl (C=O) groups is 1. The van der Waals surface area contributed by atoms with Gasteiger partial charge >= 0.3 is 0 Å². The Labute approximate surface area is 179 Å². The van der Waals surface area contributed by atoms with E-state index in [1.54, 1.807) is 18.2 Å². The SMILES string of the molecule is COc1ccc(C)cc1S(=O)(=O)N(CC(=O)NC1CCCCC1)Cc1ccccc1. The van der Waals surface area contributed by atoms with E-state index in [4.69, 9.17) is 4.74 Å². The van der Waals surface area contributed by atoms with Gasteiger partial charge in [-0.25, -0.2) is 8.42 Å². The summed E-state index contributed by atoms with van der Waals surface area (Å²) in [6.07, 6.45) is 5.27. The fourth-order valence-corrected chi connectivity index (χ4v) is 5.44. The van der Waals surface area contributed by atoms with Crippen molar-refractivity contribution in [3.63, 3.8) is 0 Å². The summed E-state index contributed by atoms with van der Waals surface area (Å²) in [5.41, 5.74) is 1.62. The van der Waals surface area contributed by atoms with Crippen LogP contribution in [0.25, 0.3) is 0 Å². The van der Waals surface area contributed by atoms with Crippen molar-refractivity contribution in [2.75, 3.05) is 13.7 Å². The molecule has 0 spiro atoms. The number of aryl methyl sites for hydroxylation is 1. The number of amides is 1. The van der Waals surface area contributed by atoms with Crippen LogP contribution in [0.2, 0.25) is 0 Å². The maximum Gasteiger partial charge on any atom is 0.247 e. The van der Waals surface area contributed by atoms with Crippen molar-refractivity contribution in [3.05, 3.63) is 59.7 Å². The third kappa shape index (κ3) is 5.61. The molecular weight excluding hydrogens is 400 g/mol. The molecule has 3 rings (SSSR count). The lowest BCUT2D eigenvalue weighted by Gasteiger charge is -2.26. The highest BCUT2D eigenvalue weighted by molar-refractivity contribution is 7.89. The largest absolute Gasteiger partial charge is 0.495 e. The molecule has 1 aliphatic carbocycles. The quantitative estimate of drug-likeness (QED) is 0.694. The standard InChI is InChI=1S/C23H30N2O4S/c1-18-13-14-21(29-2)22(15-18)30(27,28)25(16-19-9-5-3-6-10-19)17-23(26)24-20-11-7-4-8-12-20/h3,5-6,9-10,13-15,20H,4,7-8,11-12,16-17H2,1-2H3,(H,24,26). The fraction of sp³-hybridized carbons (Fsp3) is 0.435. The lowest BCUT2D eigenvalue weighted by molar-refractivity contribution is -0.122. The number of benzene rings is 2. The number of rotatable bonds is 8. The van der Waals surface area contributed by atoms with Crippen LogP contribution in [-0.2, 0) is 21.4 Å². The van der Waals surface area contributed by atoms with Crippen molar-refractivity contribution in [2.24, 2.45) is 0 Å². The van der Waals surface area contributed by atoms with E-state index < -0.39 is 10.0 Å². The van der Waals surface area contributed by atoms with Gasteiger partial charge < -0.3 is 10.1 Å². The first-order valence-electron chi connectivity index (χ1n) is 10.4. The number of carbonyl (C=O) groups excluding carboxylic acids is 1. The van der Waals surface area contributed by atoms with Crippen molar-refractivity contribution in [1.82, 2.24) is 9.62 Å². The van der Waals surface area contributed by atoms with E-state index in [2.05, 4.69) is 5.32 Å². The van der Waals surface area contributed by atoms with E-state index in [0.717, 1.165) is 36.8 Å². The fourth-order valence-electron chi connectivity index (χ4n) is 3.82. The summed E-state index contributed by atoms with van der Waals surface area (Å²) in [6, 6.07) is 14.5. The predicted octanol–water partition coefficient (Wildman–Crippen LogP) is 3.64. The summed E-state index contributed by atoms with van der Waals surface area (Å²) in [5, 5.41) is 3.02. The van der Waals surface area contributed by atoms with E-state index in [-0.39, 0.29) is 35.7 Å². The molecule has 6 nitrogen and oxygen atoms in total. The summed E-state index contributed by atoms with van der Waals surface area (Å²) in [6.45, 7) is 1.71. The summed E-state index contributed by atoms with van der Waals surface area (Å²) in [5.74, 6) is -0.000577. The second-order valence-electron chi connectivity index (χ2n) is 7.82. The highest BCUT2D eigenvalue weighted by Gasteiger charge is 2.30. The van der Waals surface area contributed by atoms with E-state index in [1.165, 1.54) is 17.8 Å². The van der Waals surface area contributed by atoms with Crippen molar-refractivity contribution in [1.29, 1.82) is 0 Å². The Hall–Kier alpha value is -2.38. The molecule has 2 aromatic rings. The zero-order valence-electron chi connectivity index (χ0n) is 17.6. The first kappa shape index (κ1) is 22.3. The molecule has 0 aromatic heterocycles. The number of nitrogens with one attached hydrogen (secondary N) is 1. The maximum absolute atomic E-state index is 13.6. The van der Waals surface area contributed by atoms with E-state index in [1.807, 2.05) is 37.3 Å². The van der Waals surface area contributed by atoms with Crippen LogP contribution < -0.4 is 10.1 Å². The van der Waals surface area contributed by atoms with Crippen molar-refractivity contribution < 1.29 is 17.9 Å². The van der Waals surface area contributed by atoms with Crippen LogP contribution in [0.1, 0.15) is 43.2 Å². The Morgan fingerprint density at radius 3 is 2.47 bits per heavy atom. The lowest BCUT2D eigenvalue weighted by Crippen LogP contribution is -2.44. The number of sulfonamides is 1. The van der Waals surface area contributed by atoms with Crippen LogP contribution in [-0.4, -0.2) is 38.3 Å². The number of ether oxygens (including phenoxy) is 1. The number of hydrogen-bond donors (Lipinski definition) is 1. The average molecular weight is 431 g/mol. The molecule has 0 heterocycles. The first-order chi connectivity index (χ1) is 14.4. The smallest absolute Gasteiger partial charge is 0.247 e. The molecule has 0 unspecified atom stereocenters.